The van der Waals surface area contributed by atoms with Crippen LogP contribution in [0.1, 0.15) is 17.3 Å². The molecular formula is C11H15N5O2. The normalized spacial score (nSPS) is 19.3. The third-order valence-electron chi connectivity index (χ3n) is 2.97. The summed E-state index contributed by atoms with van der Waals surface area (Å²) in [5, 5.41) is 2.71. The molecule has 18 heavy (non-hydrogen) atoms. The number of carbonyl (C=O) groups is 2. The van der Waals surface area contributed by atoms with Gasteiger partial charge < -0.3 is 15.6 Å². The highest BCUT2D eigenvalue weighted by molar-refractivity contribution is 6.01. The van der Waals surface area contributed by atoms with Crippen molar-refractivity contribution < 1.29 is 9.59 Å². The maximum absolute atomic E-state index is 12.3. The van der Waals surface area contributed by atoms with E-state index in [2.05, 4.69) is 15.7 Å². The van der Waals surface area contributed by atoms with E-state index >= 15 is 0 Å². The zero-order valence-corrected chi connectivity index (χ0v) is 10.0. The highest BCUT2D eigenvalue weighted by Crippen LogP contribution is 2.17. The summed E-state index contributed by atoms with van der Waals surface area (Å²) in [6, 6.07) is 1.12. The summed E-state index contributed by atoms with van der Waals surface area (Å²) in [5.41, 5.74) is 3.31. The van der Waals surface area contributed by atoms with Crippen molar-refractivity contribution >= 4 is 17.5 Å². The van der Waals surface area contributed by atoms with Gasteiger partial charge in [-0.05, 0) is 13.0 Å². The molecule has 1 unspecified atom stereocenters. The minimum atomic E-state index is -0.489. The van der Waals surface area contributed by atoms with Gasteiger partial charge in [-0.15, -0.1) is 0 Å². The van der Waals surface area contributed by atoms with Gasteiger partial charge >= 0.3 is 0 Å². The minimum Gasteiger partial charge on any atom is -0.353 e. The van der Waals surface area contributed by atoms with Crippen molar-refractivity contribution in [2.75, 3.05) is 18.5 Å². The summed E-state index contributed by atoms with van der Waals surface area (Å²) in [7, 11) is 0. The van der Waals surface area contributed by atoms with E-state index in [0.29, 0.717) is 24.3 Å². The van der Waals surface area contributed by atoms with Gasteiger partial charge in [-0.2, -0.15) is 0 Å². The molecule has 7 nitrogen and oxygen atoms in total. The maximum atomic E-state index is 12.3. The monoisotopic (exact) mass is 249 g/mol. The third kappa shape index (κ3) is 2.12. The number of hydrogen-bond donors (Lipinski definition) is 3. The molecule has 2 rings (SSSR count). The number of anilines is 1. The fraction of sp³-hybridized carbons (Fsp3) is 0.364. The highest BCUT2D eigenvalue weighted by Gasteiger charge is 2.30. The zero-order valence-electron chi connectivity index (χ0n) is 10.0. The molecule has 1 fully saturated rings. The lowest BCUT2D eigenvalue weighted by molar-refractivity contribution is -0.127. The van der Waals surface area contributed by atoms with Crippen LogP contribution in [0.2, 0.25) is 0 Å². The van der Waals surface area contributed by atoms with Crippen LogP contribution in [0.25, 0.3) is 0 Å². The Kier molecular flexibility index (Phi) is 3.42. The molecule has 2 amide bonds. The molecule has 0 spiro atoms. The molecule has 1 aliphatic heterocycles. The quantitative estimate of drug-likeness (QED) is 0.476. The number of carbonyl (C=O) groups excluding carboxylic acids is 2. The minimum absolute atomic E-state index is 0.152. The fourth-order valence-corrected chi connectivity index (χ4v) is 1.91. The molecule has 7 heteroatoms. The summed E-state index contributed by atoms with van der Waals surface area (Å²) >= 11 is 0. The van der Waals surface area contributed by atoms with Crippen LogP contribution in [0.15, 0.2) is 18.5 Å². The standard InChI is InChI=1S/C11H15N5O2/c1-7-10(17)14-4-5-16(7)11(18)8-6-13-3-2-9(8)15-12/h2-3,6-7H,4-5,12H2,1H3,(H,13,15)(H,14,17). The second kappa shape index (κ2) is 5.01. The van der Waals surface area contributed by atoms with Gasteiger partial charge in [0.25, 0.3) is 5.91 Å². The Morgan fingerprint density at radius 2 is 2.44 bits per heavy atom. The number of nitrogens with two attached hydrogens (primary N) is 1. The predicted molar refractivity (Wildman–Crippen MR) is 65.6 cm³/mol. The van der Waals surface area contributed by atoms with Crippen molar-refractivity contribution in [3.63, 3.8) is 0 Å². The maximum Gasteiger partial charge on any atom is 0.258 e. The van der Waals surface area contributed by atoms with E-state index in [1.54, 1.807) is 13.0 Å². The zero-order chi connectivity index (χ0) is 13.1. The molecular weight excluding hydrogens is 234 g/mol. The van der Waals surface area contributed by atoms with Gasteiger partial charge in [-0.25, -0.2) is 0 Å². The number of nitrogens with one attached hydrogen (secondary N) is 2. The number of nitrogen functional groups attached to an aromatic ring is 1. The Balaban J connectivity index is 2.27. The van der Waals surface area contributed by atoms with Crippen molar-refractivity contribution in [2.24, 2.45) is 5.84 Å². The lowest BCUT2D eigenvalue weighted by Gasteiger charge is -2.33. The summed E-state index contributed by atoms with van der Waals surface area (Å²) in [4.78, 5) is 29.3. The summed E-state index contributed by atoms with van der Waals surface area (Å²) in [6.07, 6.45) is 2.98. The average molecular weight is 249 g/mol. The SMILES string of the molecule is CC1C(=O)NCCN1C(=O)c1cnccc1NN. The Bertz CT molecular complexity index is 476. The molecule has 0 radical (unpaired) electrons. The van der Waals surface area contributed by atoms with Gasteiger partial charge in [0, 0.05) is 25.5 Å². The molecule has 0 aliphatic carbocycles. The molecule has 4 N–H and O–H groups in total. The number of hydrogen-bond acceptors (Lipinski definition) is 5. The van der Waals surface area contributed by atoms with E-state index in [0.717, 1.165) is 0 Å². The number of rotatable bonds is 2. The number of pyridine rings is 1. The molecule has 0 aromatic carbocycles. The molecule has 0 bridgehead atoms. The van der Waals surface area contributed by atoms with Crippen LogP contribution in [0.3, 0.4) is 0 Å². The summed E-state index contributed by atoms with van der Waals surface area (Å²) in [6.45, 7) is 2.63. The van der Waals surface area contributed by atoms with Crippen LogP contribution in [0.5, 0.6) is 0 Å². The van der Waals surface area contributed by atoms with Gasteiger partial charge in [0.05, 0.1) is 11.3 Å². The van der Waals surface area contributed by atoms with Gasteiger partial charge in [0.15, 0.2) is 0 Å². The van der Waals surface area contributed by atoms with Crippen molar-refractivity contribution in [1.29, 1.82) is 0 Å². The van der Waals surface area contributed by atoms with Crippen LogP contribution in [-0.2, 0) is 4.79 Å². The van der Waals surface area contributed by atoms with Gasteiger partial charge in [-0.3, -0.25) is 20.4 Å². The van der Waals surface area contributed by atoms with E-state index in [1.807, 2.05) is 0 Å². The number of hydrazine groups is 1. The second-order valence-corrected chi connectivity index (χ2v) is 4.03. The fourth-order valence-electron chi connectivity index (χ4n) is 1.91. The molecule has 0 saturated carbocycles. The third-order valence-corrected chi connectivity index (χ3v) is 2.97. The second-order valence-electron chi connectivity index (χ2n) is 4.03. The van der Waals surface area contributed by atoms with Crippen LogP contribution in [0.4, 0.5) is 5.69 Å². The largest absolute Gasteiger partial charge is 0.353 e. The highest BCUT2D eigenvalue weighted by atomic mass is 16.2. The lowest BCUT2D eigenvalue weighted by Crippen LogP contribution is -2.55. The lowest BCUT2D eigenvalue weighted by atomic mass is 10.1. The van der Waals surface area contributed by atoms with Crippen molar-refractivity contribution in [3.05, 3.63) is 24.0 Å². The van der Waals surface area contributed by atoms with Gasteiger partial charge in [0.1, 0.15) is 6.04 Å². The van der Waals surface area contributed by atoms with E-state index in [9.17, 15) is 9.59 Å². The molecule has 1 atom stereocenters. The molecule has 1 saturated heterocycles. The van der Waals surface area contributed by atoms with E-state index < -0.39 is 6.04 Å². The Morgan fingerprint density at radius 3 is 3.17 bits per heavy atom. The van der Waals surface area contributed by atoms with Crippen LogP contribution < -0.4 is 16.6 Å². The van der Waals surface area contributed by atoms with E-state index in [4.69, 9.17) is 5.84 Å². The van der Waals surface area contributed by atoms with Crippen LogP contribution in [-0.4, -0.2) is 40.8 Å². The number of aromatic nitrogens is 1. The first-order valence-electron chi connectivity index (χ1n) is 5.64. The smallest absolute Gasteiger partial charge is 0.258 e. The topological polar surface area (TPSA) is 100 Å². The summed E-state index contributed by atoms with van der Waals surface area (Å²) < 4.78 is 0. The first-order valence-corrected chi connectivity index (χ1v) is 5.64. The number of amides is 2. The first-order chi connectivity index (χ1) is 8.65. The molecule has 96 valence electrons. The number of nitrogens with zero attached hydrogens (tertiary/aromatic N) is 2. The Hall–Kier alpha value is -2.15. The number of piperazine rings is 1. The predicted octanol–water partition coefficient (Wildman–Crippen LogP) is -0.672. The van der Waals surface area contributed by atoms with Crippen LogP contribution >= 0.6 is 0 Å². The molecule has 1 aromatic heterocycles. The van der Waals surface area contributed by atoms with Crippen molar-refractivity contribution in [1.82, 2.24) is 15.2 Å². The van der Waals surface area contributed by atoms with Gasteiger partial charge in [-0.1, -0.05) is 0 Å². The first kappa shape index (κ1) is 12.3. The molecule has 1 aromatic rings. The molecule has 1 aliphatic rings. The van der Waals surface area contributed by atoms with Crippen molar-refractivity contribution in [2.45, 2.75) is 13.0 Å². The summed E-state index contributed by atoms with van der Waals surface area (Å²) in [5.74, 6) is 4.95. The average Bonchev–Trinajstić information content (AvgIpc) is 2.41. The molecule has 2 heterocycles. The Labute approximate surface area is 104 Å². The van der Waals surface area contributed by atoms with E-state index in [1.165, 1.54) is 17.3 Å². The van der Waals surface area contributed by atoms with E-state index in [-0.39, 0.29) is 11.8 Å². The van der Waals surface area contributed by atoms with Gasteiger partial charge in [0.2, 0.25) is 5.91 Å². The Morgan fingerprint density at radius 1 is 1.67 bits per heavy atom. The van der Waals surface area contributed by atoms with Crippen molar-refractivity contribution in [3.8, 4) is 0 Å². The van der Waals surface area contributed by atoms with Crippen LogP contribution in [0, 0.1) is 0 Å².